The Morgan fingerprint density at radius 3 is 2.88 bits per heavy atom. The van der Waals surface area contributed by atoms with Crippen LogP contribution in [0, 0.1) is 6.92 Å². The zero-order chi connectivity index (χ0) is 11.7. The largest absolute Gasteiger partial charge is 0.336 e. The van der Waals surface area contributed by atoms with Crippen LogP contribution >= 0.6 is 0 Å². The predicted octanol–water partition coefficient (Wildman–Crippen LogP) is 2.28. The number of rotatable bonds is 3. The lowest BCUT2D eigenvalue weighted by molar-refractivity contribution is 0.0987. The van der Waals surface area contributed by atoms with Crippen molar-refractivity contribution in [3.05, 3.63) is 29.1 Å². The van der Waals surface area contributed by atoms with Crippen molar-refractivity contribution in [3.63, 3.8) is 0 Å². The van der Waals surface area contributed by atoms with E-state index in [1.807, 2.05) is 19.9 Å². The Morgan fingerprint density at radius 1 is 1.50 bits per heavy atom. The van der Waals surface area contributed by atoms with Crippen LogP contribution in [0.1, 0.15) is 39.9 Å². The molecule has 4 heteroatoms. The molecule has 0 atom stereocenters. The van der Waals surface area contributed by atoms with Crippen LogP contribution in [0.3, 0.4) is 0 Å². The number of H-pyrrole nitrogens is 1. The number of nitrogens with zero attached hydrogens (tertiary/aromatic N) is 1. The first-order valence-corrected chi connectivity index (χ1v) is 5.14. The molecule has 1 aromatic heterocycles. The quantitative estimate of drug-likeness (QED) is 0.632. The predicted molar refractivity (Wildman–Crippen MR) is 60.8 cm³/mol. The number of ketones is 1. The number of imidazole rings is 1. The number of carbonyl (C=O) groups is 2. The van der Waals surface area contributed by atoms with Crippen molar-refractivity contribution >= 4 is 23.1 Å². The van der Waals surface area contributed by atoms with E-state index in [0.717, 1.165) is 11.1 Å². The van der Waals surface area contributed by atoms with Gasteiger partial charge in [0.25, 0.3) is 0 Å². The number of aldehydes is 1. The summed E-state index contributed by atoms with van der Waals surface area (Å²) >= 11 is 0. The van der Waals surface area contributed by atoms with Crippen LogP contribution in [0.5, 0.6) is 0 Å². The second-order valence-corrected chi connectivity index (χ2v) is 3.70. The molecule has 2 aromatic rings. The van der Waals surface area contributed by atoms with Crippen LogP contribution in [-0.4, -0.2) is 22.0 Å². The van der Waals surface area contributed by atoms with Crippen molar-refractivity contribution in [2.75, 3.05) is 0 Å². The highest BCUT2D eigenvalue weighted by atomic mass is 16.1. The van der Waals surface area contributed by atoms with Gasteiger partial charge in [-0.25, -0.2) is 4.98 Å². The average Bonchev–Trinajstić information content (AvgIpc) is 2.68. The summed E-state index contributed by atoms with van der Waals surface area (Å²) in [5.74, 6) is 0.380. The lowest BCUT2D eigenvalue weighted by atomic mass is 10.0. The van der Waals surface area contributed by atoms with Crippen molar-refractivity contribution in [1.29, 1.82) is 0 Å². The molecule has 0 spiro atoms. The summed E-state index contributed by atoms with van der Waals surface area (Å²) in [5.41, 5.74) is 3.02. The maximum atomic E-state index is 11.6. The molecule has 0 aliphatic rings. The summed E-state index contributed by atoms with van der Waals surface area (Å²) in [7, 11) is 0. The van der Waals surface area contributed by atoms with Gasteiger partial charge >= 0.3 is 0 Å². The minimum atomic E-state index is 0.0926. The van der Waals surface area contributed by atoms with Gasteiger partial charge in [0.2, 0.25) is 0 Å². The normalized spacial score (nSPS) is 10.6. The first-order valence-electron chi connectivity index (χ1n) is 5.14. The summed E-state index contributed by atoms with van der Waals surface area (Å²) in [6, 6.07) is 3.58. The Bertz CT molecular complexity index is 570. The fourth-order valence-electron chi connectivity index (χ4n) is 1.73. The average molecular weight is 216 g/mol. The second-order valence-electron chi connectivity index (χ2n) is 3.70. The number of aromatic nitrogens is 2. The molecule has 0 saturated heterocycles. The molecule has 4 nitrogen and oxygen atoms in total. The third-order valence-corrected chi connectivity index (χ3v) is 2.58. The standard InChI is InChI=1S/C12H12N2O2/c1-3-11(16)8-5-10-9(4-7(8)2)13-12(6-15)14-10/h4-6H,3H2,1-2H3,(H,13,14). The molecule has 0 saturated carbocycles. The van der Waals surface area contributed by atoms with Crippen LogP contribution in [0.2, 0.25) is 0 Å². The van der Waals surface area contributed by atoms with E-state index in [1.54, 1.807) is 6.07 Å². The van der Waals surface area contributed by atoms with Gasteiger partial charge in [-0.3, -0.25) is 9.59 Å². The maximum Gasteiger partial charge on any atom is 0.185 e. The fourth-order valence-corrected chi connectivity index (χ4v) is 1.73. The third-order valence-electron chi connectivity index (χ3n) is 2.58. The molecular formula is C12H12N2O2. The molecule has 0 fully saturated rings. The number of fused-ring (bicyclic) bond motifs is 1. The van der Waals surface area contributed by atoms with E-state index in [4.69, 9.17) is 0 Å². The van der Waals surface area contributed by atoms with E-state index in [0.29, 0.717) is 23.8 Å². The SMILES string of the molecule is CCC(=O)c1cc2nc(C=O)[nH]c2cc1C. The van der Waals surface area contributed by atoms with E-state index >= 15 is 0 Å². The Kier molecular flexibility index (Phi) is 2.56. The van der Waals surface area contributed by atoms with E-state index in [2.05, 4.69) is 9.97 Å². The van der Waals surface area contributed by atoms with Crippen LogP contribution in [0.4, 0.5) is 0 Å². The van der Waals surface area contributed by atoms with Gasteiger partial charge < -0.3 is 4.98 Å². The molecule has 0 bridgehead atoms. The molecule has 16 heavy (non-hydrogen) atoms. The number of aryl methyl sites for hydroxylation is 1. The van der Waals surface area contributed by atoms with Crippen LogP contribution in [0.15, 0.2) is 12.1 Å². The van der Waals surface area contributed by atoms with Crippen LogP contribution < -0.4 is 0 Å². The second kappa shape index (κ2) is 3.89. The number of nitrogens with one attached hydrogen (secondary N) is 1. The van der Waals surface area contributed by atoms with Crippen molar-refractivity contribution in [2.24, 2.45) is 0 Å². The zero-order valence-corrected chi connectivity index (χ0v) is 9.20. The van der Waals surface area contributed by atoms with Gasteiger partial charge in [0.05, 0.1) is 11.0 Å². The Labute approximate surface area is 92.7 Å². The van der Waals surface area contributed by atoms with Crippen LogP contribution in [0.25, 0.3) is 11.0 Å². The minimum absolute atomic E-state index is 0.0926. The highest BCUT2D eigenvalue weighted by Crippen LogP contribution is 2.18. The lowest BCUT2D eigenvalue weighted by Gasteiger charge is -2.02. The van der Waals surface area contributed by atoms with Crippen molar-refractivity contribution in [1.82, 2.24) is 9.97 Å². The molecule has 1 aromatic carbocycles. The topological polar surface area (TPSA) is 62.8 Å². The molecule has 0 aliphatic heterocycles. The van der Waals surface area contributed by atoms with Gasteiger partial charge in [-0.2, -0.15) is 0 Å². The molecule has 0 amide bonds. The van der Waals surface area contributed by atoms with Gasteiger partial charge in [0.15, 0.2) is 17.9 Å². The molecule has 1 N–H and O–H groups in total. The van der Waals surface area contributed by atoms with Crippen molar-refractivity contribution in [3.8, 4) is 0 Å². The summed E-state index contributed by atoms with van der Waals surface area (Å²) in [4.78, 5) is 29.2. The van der Waals surface area contributed by atoms with E-state index in [9.17, 15) is 9.59 Å². The number of hydrogen-bond acceptors (Lipinski definition) is 3. The van der Waals surface area contributed by atoms with Crippen LogP contribution in [-0.2, 0) is 0 Å². The molecule has 2 rings (SSSR count). The Balaban J connectivity index is 2.65. The maximum absolute atomic E-state index is 11.6. The molecule has 82 valence electrons. The monoisotopic (exact) mass is 216 g/mol. The summed E-state index contributed by atoms with van der Waals surface area (Å²) in [6.45, 7) is 3.71. The van der Waals surface area contributed by atoms with Gasteiger partial charge in [0.1, 0.15) is 0 Å². The number of hydrogen-bond donors (Lipinski definition) is 1. The zero-order valence-electron chi connectivity index (χ0n) is 9.20. The molecule has 0 aliphatic carbocycles. The first-order chi connectivity index (χ1) is 7.65. The minimum Gasteiger partial charge on any atom is -0.336 e. The summed E-state index contributed by atoms with van der Waals surface area (Å²) in [5, 5.41) is 0. The number of Topliss-reactive ketones (excluding diaryl/α,β-unsaturated/α-hetero) is 1. The van der Waals surface area contributed by atoms with E-state index < -0.39 is 0 Å². The van der Waals surface area contributed by atoms with Crippen molar-refractivity contribution < 1.29 is 9.59 Å². The van der Waals surface area contributed by atoms with Gasteiger partial charge in [-0.05, 0) is 24.6 Å². The van der Waals surface area contributed by atoms with Gasteiger partial charge in [0, 0.05) is 12.0 Å². The number of carbonyl (C=O) groups excluding carboxylic acids is 2. The molecule has 1 heterocycles. The Hall–Kier alpha value is -1.97. The molecule has 0 radical (unpaired) electrons. The van der Waals surface area contributed by atoms with Gasteiger partial charge in [-0.1, -0.05) is 6.92 Å². The van der Waals surface area contributed by atoms with Gasteiger partial charge in [-0.15, -0.1) is 0 Å². The third kappa shape index (κ3) is 1.62. The highest BCUT2D eigenvalue weighted by Gasteiger charge is 2.10. The first kappa shape index (κ1) is 10.5. The lowest BCUT2D eigenvalue weighted by Crippen LogP contribution is -1.99. The fraction of sp³-hybridized carbons (Fsp3) is 0.250. The highest BCUT2D eigenvalue weighted by molar-refractivity contribution is 6.00. The smallest absolute Gasteiger partial charge is 0.185 e. The van der Waals surface area contributed by atoms with E-state index in [1.165, 1.54) is 0 Å². The summed E-state index contributed by atoms with van der Waals surface area (Å²) < 4.78 is 0. The number of aromatic amines is 1. The Morgan fingerprint density at radius 2 is 2.25 bits per heavy atom. The molecule has 0 unspecified atom stereocenters. The number of benzene rings is 1. The van der Waals surface area contributed by atoms with E-state index in [-0.39, 0.29) is 11.6 Å². The molecular weight excluding hydrogens is 204 g/mol. The van der Waals surface area contributed by atoms with Crippen molar-refractivity contribution in [2.45, 2.75) is 20.3 Å². The summed E-state index contributed by atoms with van der Waals surface area (Å²) in [6.07, 6.45) is 1.13.